The molecule has 2 aromatic carbocycles. The minimum Gasteiger partial charge on any atom is -0.350 e. The van der Waals surface area contributed by atoms with E-state index in [1.165, 1.54) is 18.3 Å². The molecule has 1 aromatic heterocycles. The highest BCUT2D eigenvalue weighted by atomic mass is 35.5. The van der Waals surface area contributed by atoms with Gasteiger partial charge < -0.3 is 9.88 Å². The number of para-hydroxylation sites is 1. The van der Waals surface area contributed by atoms with Crippen LogP contribution in [0.3, 0.4) is 0 Å². The molecule has 0 saturated heterocycles. The van der Waals surface area contributed by atoms with Gasteiger partial charge in [-0.2, -0.15) is 0 Å². The molecule has 1 amide bonds. The molecule has 0 fully saturated rings. The van der Waals surface area contributed by atoms with Gasteiger partial charge in [-0.25, -0.2) is 4.39 Å². The number of benzene rings is 2. The Labute approximate surface area is 136 Å². The normalized spacial score (nSPS) is 10.7. The molecular formula is C17H12ClFN2O2. The van der Waals surface area contributed by atoms with Crippen LogP contribution in [0.1, 0.15) is 10.4 Å². The Morgan fingerprint density at radius 1 is 1.22 bits per heavy atom. The molecule has 3 rings (SSSR count). The standard InChI is InChI=1S/C17H12ClFN2O2/c1-21-9-12(16(22)11-8-10(19)6-7-15(11)21)17(23)20-14-5-3-2-4-13(14)18/h2-9H,1H3,(H,20,23). The SMILES string of the molecule is Cn1cc(C(=O)Nc2ccccc2Cl)c(=O)c2cc(F)ccc21. The van der Waals surface area contributed by atoms with Gasteiger partial charge in [-0.05, 0) is 30.3 Å². The van der Waals surface area contributed by atoms with Crippen LogP contribution in [0, 0.1) is 5.82 Å². The summed E-state index contributed by atoms with van der Waals surface area (Å²) in [5.74, 6) is -1.12. The van der Waals surface area contributed by atoms with Gasteiger partial charge >= 0.3 is 0 Å². The average molecular weight is 331 g/mol. The average Bonchev–Trinajstić information content (AvgIpc) is 2.53. The molecule has 3 aromatic rings. The number of hydrogen-bond acceptors (Lipinski definition) is 2. The summed E-state index contributed by atoms with van der Waals surface area (Å²) in [5.41, 5.74) is 0.346. The van der Waals surface area contributed by atoms with E-state index in [0.717, 1.165) is 6.07 Å². The quantitative estimate of drug-likeness (QED) is 0.780. The number of rotatable bonds is 2. The largest absolute Gasteiger partial charge is 0.350 e. The molecule has 0 radical (unpaired) electrons. The lowest BCUT2D eigenvalue weighted by Crippen LogP contribution is -2.23. The van der Waals surface area contributed by atoms with Crippen molar-refractivity contribution >= 4 is 34.1 Å². The third-order valence-electron chi connectivity index (χ3n) is 3.52. The highest BCUT2D eigenvalue weighted by Gasteiger charge is 2.16. The first-order valence-electron chi connectivity index (χ1n) is 6.82. The molecule has 0 aliphatic rings. The third kappa shape index (κ3) is 2.83. The van der Waals surface area contributed by atoms with Crippen LogP contribution in [-0.4, -0.2) is 10.5 Å². The van der Waals surface area contributed by atoms with E-state index in [4.69, 9.17) is 11.6 Å². The summed E-state index contributed by atoms with van der Waals surface area (Å²) in [6.45, 7) is 0. The van der Waals surface area contributed by atoms with Crippen LogP contribution in [0.15, 0.2) is 53.5 Å². The molecular weight excluding hydrogens is 319 g/mol. The van der Waals surface area contributed by atoms with Crippen LogP contribution in [0.5, 0.6) is 0 Å². The van der Waals surface area contributed by atoms with Crippen LogP contribution in [0.2, 0.25) is 5.02 Å². The fourth-order valence-electron chi connectivity index (χ4n) is 2.38. The van der Waals surface area contributed by atoms with Gasteiger partial charge in [0.05, 0.1) is 16.2 Å². The van der Waals surface area contributed by atoms with E-state index in [0.29, 0.717) is 16.2 Å². The smallest absolute Gasteiger partial charge is 0.261 e. The number of aryl methyl sites for hydroxylation is 1. The van der Waals surface area contributed by atoms with Gasteiger partial charge in [0.15, 0.2) is 0 Å². The molecule has 23 heavy (non-hydrogen) atoms. The van der Waals surface area contributed by atoms with Crippen LogP contribution < -0.4 is 10.7 Å². The minimum atomic E-state index is -0.593. The molecule has 0 saturated carbocycles. The zero-order chi connectivity index (χ0) is 16.6. The minimum absolute atomic E-state index is 0.0782. The van der Waals surface area contributed by atoms with Crippen molar-refractivity contribution in [2.75, 3.05) is 5.32 Å². The summed E-state index contributed by atoms with van der Waals surface area (Å²) in [6, 6.07) is 10.6. The number of pyridine rings is 1. The van der Waals surface area contributed by atoms with Crippen LogP contribution in [0.25, 0.3) is 10.9 Å². The molecule has 0 spiro atoms. The molecule has 6 heteroatoms. The Kier molecular flexibility index (Phi) is 3.88. The molecule has 116 valence electrons. The lowest BCUT2D eigenvalue weighted by atomic mass is 10.1. The van der Waals surface area contributed by atoms with Crippen molar-refractivity contribution in [3.8, 4) is 0 Å². The van der Waals surface area contributed by atoms with Crippen LogP contribution in [-0.2, 0) is 7.05 Å². The number of carbonyl (C=O) groups is 1. The molecule has 0 aliphatic carbocycles. The van der Waals surface area contributed by atoms with E-state index in [2.05, 4.69) is 5.32 Å². The first-order valence-corrected chi connectivity index (χ1v) is 7.20. The van der Waals surface area contributed by atoms with E-state index in [9.17, 15) is 14.0 Å². The zero-order valence-corrected chi connectivity index (χ0v) is 12.9. The van der Waals surface area contributed by atoms with Crippen molar-refractivity contribution in [1.29, 1.82) is 0 Å². The number of fused-ring (bicyclic) bond motifs is 1. The summed E-state index contributed by atoms with van der Waals surface area (Å²) in [5, 5.41) is 3.11. The third-order valence-corrected chi connectivity index (χ3v) is 3.85. The first kappa shape index (κ1) is 15.2. The lowest BCUT2D eigenvalue weighted by molar-refractivity contribution is 0.102. The number of anilines is 1. The summed E-state index contributed by atoms with van der Waals surface area (Å²) >= 11 is 6.00. The van der Waals surface area contributed by atoms with E-state index >= 15 is 0 Å². The van der Waals surface area contributed by atoms with E-state index < -0.39 is 17.2 Å². The number of hydrogen-bond donors (Lipinski definition) is 1. The maximum atomic E-state index is 13.4. The number of nitrogens with one attached hydrogen (secondary N) is 1. The number of amides is 1. The Morgan fingerprint density at radius 2 is 1.96 bits per heavy atom. The number of halogens is 2. The predicted octanol–water partition coefficient (Wildman–Crippen LogP) is 3.58. The van der Waals surface area contributed by atoms with Gasteiger partial charge in [-0.1, -0.05) is 23.7 Å². The Morgan fingerprint density at radius 3 is 2.70 bits per heavy atom. The zero-order valence-electron chi connectivity index (χ0n) is 12.1. The van der Waals surface area contributed by atoms with Crippen molar-refractivity contribution < 1.29 is 9.18 Å². The van der Waals surface area contributed by atoms with Crippen LogP contribution >= 0.6 is 11.6 Å². The molecule has 4 nitrogen and oxygen atoms in total. The van der Waals surface area contributed by atoms with Gasteiger partial charge in [-0.15, -0.1) is 0 Å². The van der Waals surface area contributed by atoms with Gasteiger partial charge in [0.2, 0.25) is 5.43 Å². The van der Waals surface area contributed by atoms with Crippen molar-refractivity contribution in [2.45, 2.75) is 0 Å². The fraction of sp³-hybridized carbons (Fsp3) is 0.0588. The number of nitrogens with zero attached hydrogens (tertiary/aromatic N) is 1. The van der Waals surface area contributed by atoms with E-state index in [1.807, 2.05) is 0 Å². The van der Waals surface area contributed by atoms with Crippen molar-refractivity contribution in [3.05, 3.63) is 75.3 Å². The second-order valence-electron chi connectivity index (χ2n) is 5.08. The van der Waals surface area contributed by atoms with Crippen molar-refractivity contribution in [1.82, 2.24) is 4.57 Å². The second kappa shape index (κ2) is 5.85. The van der Waals surface area contributed by atoms with Crippen molar-refractivity contribution in [2.24, 2.45) is 7.05 Å². The monoisotopic (exact) mass is 330 g/mol. The van der Waals surface area contributed by atoms with Gasteiger partial charge in [0, 0.05) is 18.6 Å². The Hall–Kier alpha value is -2.66. The first-order chi connectivity index (χ1) is 11.0. The molecule has 0 unspecified atom stereocenters. The number of carbonyl (C=O) groups excluding carboxylic acids is 1. The maximum Gasteiger partial charge on any atom is 0.261 e. The summed E-state index contributed by atoms with van der Waals surface area (Å²) in [7, 11) is 1.69. The lowest BCUT2D eigenvalue weighted by Gasteiger charge is -2.10. The molecule has 1 heterocycles. The topological polar surface area (TPSA) is 51.1 Å². The van der Waals surface area contributed by atoms with Gasteiger partial charge in [0.1, 0.15) is 11.4 Å². The van der Waals surface area contributed by atoms with Crippen LogP contribution in [0.4, 0.5) is 10.1 Å². The van der Waals surface area contributed by atoms with Gasteiger partial charge in [-0.3, -0.25) is 9.59 Å². The van der Waals surface area contributed by atoms with Gasteiger partial charge in [0.25, 0.3) is 5.91 Å². The highest BCUT2D eigenvalue weighted by molar-refractivity contribution is 6.33. The second-order valence-corrected chi connectivity index (χ2v) is 5.49. The Balaban J connectivity index is 2.09. The highest BCUT2D eigenvalue weighted by Crippen LogP contribution is 2.21. The summed E-state index contributed by atoms with van der Waals surface area (Å²) in [6.07, 6.45) is 1.43. The van der Waals surface area contributed by atoms with Crippen molar-refractivity contribution in [3.63, 3.8) is 0 Å². The summed E-state index contributed by atoms with van der Waals surface area (Å²) < 4.78 is 15.0. The maximum absolute atomic E-state index is 13.4. The predicted molar refractivity (Wildman–Crippen MR) is 88.6 cm³/mol. The molecule has 0 aliphatic heterocycles. The van der Waals surface area contributed by atoms with E-state index in [-0.39, 0.29) is 10.9 Å². The fourth-order valence-corrected chi connectivity index (χ4v) is 2.56. The number of aromatic nitrogens is 1. The molecule has 1 N–H and O–H groups in total. The summed E-state index contributed by atoms with van der Waals surface area (Å²) in [4.78, 5) is 24.9. The van der Waals surface area contributed by atoms with E-state index in [1.54, 1.807) is 35.9 Å². The Bertz CT molecular complexity index is 982. The molecule has 0 atom stereocenters. The molecule has 0 bridgehead atoms.